The van der Waals surface area contributed by atoms with E-state index in [0.717, 1.165) is 5.56 Å². The summed E-state index contributed by atoms with van der Waals surface area (Å²) in [5.41, 5.74) is 2.68. The van der Waals surface area contributed by atoms with E-state index in [9.17, 15) is 14.4 Å². The first kappa shape index (κ1) is 24.2. The maximum absolute atomic E-state index is 13.3. The lowest BCUT2D eigenvalue weighted by molar-refractivity contribution is -0.128. The quantitative estimate of drug-likeness (QED) is 0.451. The first-order chi connectivity index (χ1) is 17.0. The molecule has 0 saturated carbocycles. The molecule has 1 aliphatic heterocycles. The zero-order valence-electron chi connectivity index (χ0n) is 19.2. The topological polar surface area (TPSA) is 88.1 Å². The van der Waals surface area contributed by atoms with Crippen LogP contribution in [0.1, 0.15) is 29.3 Å². The molecule has 0 radical (unpaired) electrons. The number of amidine groups is 1. The number of anilines is 1. The van der Waals surface area contributed by atoms with Crippen LogP contribution in [0, 0.1) is 0 Å². The summed E-state index contributed by atoms with van der Waals surface area (Å²) in [5, 5.41) is 2.77. The van der Waals surface area contributed by atoms with Gasteiger partial charge in [0.05, 0.1) is 24.4 Å². The molecule has 1 N–H and O–H groups in total. The Bertz CT molecular complexity index is 1210. The van der Waals surface area contributed by atoms with Crippen LogP contribution >= 0.6 is 11.8 Å². The van der Waals surface area contributed by atoms with Gasteiger partial charge in [0.1, 0.15) is 5.25 Å². The summed E-state index contributed by atoms with van der Waals surface area (Å²) in [6.45, 7) is 2.41. The first-order valence-electron chi connectivity index (χ1n) is 11.3. The Labute approximate surface area is 208 Å². The molecule has 3 aromatic rings. The zero-order chi connectivity index (χ0) is 24.6. The van der Waals surface area contributed by atoms with Gasteiger partial charge in [-0.3, -0.25) is 14.5 Å². The lowest BCUT2D eigenvalue weighted by Crippen LogP contribution is -2.33. The van der Waals surface area contributed by atoms with E-state index in [0.29, 0.717) is 35.3 Å². The third-order valence-electron chi connectivity index (χ3n) is 5.24. The van der Waals surface area contributed by atoms with Crippen LogP contribution < -0.4 is 5.32 Å². The lowest BCUT2D eigenvalue weighted by Gasteiger charge is -2.16. The van der Waals surface area contributed by atoms with Crippen molar-refractivity contribution in [3.8, 4) is 0 Å². The molecular formula is C27H25N3O4S. The van der Waals surface area contributed by atoms with Gasteiger partial charge in [-0.15, -0.1) is 0 Å². The highest BCUT2D eigenvalue weighted by Crippen LogP contribution is 2.33. The van der Waals surface area contributed by atoms with Crippen molar-refractivity contribution >= 4 is 46.1 Å². The minimum Gasteiger partial charge on any atom is -0.462 e. The number of ether oxygens (including phenoxy) is 1. The summed E-state index contributed by atoms with van der Waals surface area (Å²) in [7, 11) is 0. The van der Waals surface area contributed by atoms with Crippen molar-refractivity contribution in [3.63, 3.8) is 0 Å². The number of rotatable bonds is 8. The van der Waals surface area contributed by atoms with Crippen LogP contribution in [0.5, 0.6) is 0 Å². The summed E-state index contributed by atoms with van der Waals surface area (Å²) in [6, 6.07) is 25.5. The zero-order valence-corrected chi connectivity index (χ0v) is 20.0. The molecule has 0 bridgehead atoms. The van der Waals surface area contributed by atoms with Gasteiger partial charge in [0, 0.05) is 12.1 Å². The van der Waals surface area contributed by atoms with Gasteiger partial charge in [-0.05, 0) is 48.9 Å². The molecule has 2 amide bonds. The molecule has 178 valence electrons. The predicted octanol–water partition coefficient (Wildman–Crippen LogP) is 5.02. The van der Waals surface area contributed by atoms with Crippen molar-refractivity contribution in [2.45, 2.75) is 25.1 Å². The molecule has 8 heteroatoms. The Morgan fingerprint density at radius 3 is 2.29 bits per heavy atom. The summed E-state index contributed by atoms with van der Waals surface area (Å²) >= 11 is 1.27. The van der Waals surface area contributed by atoms with E-state index in [4.69, 9.17) is 4.74 Å². The van der Waals surface area contributed by atoms with Gasteiger partial charge in [-0.25, -0.2) is 9.79 Å². The Hall–Kier alpha value is -3.91. The molecule has 1 heterocycles. The molecule has 1 aliphatic rings. The number of carbonyl (C=O) groups excluding carboxylic acids is 3. The van der Waals surface area contributed by atoms with Crippen LogP contribution in [-0.2, 0) is 20.9 Å². The van der Waals surface area contributed by atoms with E-state index in [1.165, 1.54) is 11.8 Å². The average molecular weight is 488 g/mol. The minimum atomic E-state index is -0.583. The number of carbonyl (C=O) groups is 3. The SMILES string of the molecule is CCOC(=O)c1ccc(N=C2SC(CC(=O)Nc3ccccc3)C(=O)N2Cc2ccccc2)cc1. The van der Waals surface area contributed by atoms with Crippen LogP contribution in [-0.4, -0.2) is 39.7 Å². The fourth-order valence-electron chi connectivity index (χ4n) is 3.54. The van der Waals surface area contributed by atoms with Crippen LogP contribution in [0.3, 0.4) is 0 Å². The molecule has 1 atom stereocenters. The number of aliphatic imine (C=N–C) groups is 1. The van der Waals surface area contributed by atoms with Crippen molar-refractivity contribution in [2.75, 3.05) is 11.9 Å². The molecule has 0 aromatic heterocycles. The Kier molecular flexibility index (Phi) is 7.95. The molecular weight excluding hydrogens is 462 g/mol. The van der Waals surface area contributed by atoms with Gasteiger partial charge in [0.15, 0.2) is 5.17 Å². The third-order valence-corrected chi connectivity index (χ3v) is 6.41. The number of hydrogen-bond donors (Lipinski definition) is 1. The fraction of sp³-hybridized carbons (Fsp3) is 0.185. The molecule has 1 saturated heterocycles. The van der Waals surface area contributed by atoms with Crippen molar-refractivity contribution in [2.24, 2.45) is 4.99 Å². The number of nitrogens with one attached hydrogen (secondary N) is 1. The van der Waals surface area contributed by atoms with Gasteiger partial charge in [-0.2, -0.15) is 0 Å². The fourth-order valence-corrected chi connectivity index (χ4v) is 4.69. The number of hydrogen-bond acceptors (Lipinski definition) is 6. The highest BCUT2D eigenvalue weighted by molar-refractivity contribution is 8.15. The van der Waals surface area contributed by atoms with E-state index in [1.54, 1.807) is 48.2 Å². The van der Waals surface area contributed by atoms with Crippen LogP contribution in [0.2, 0.25) is 0 Å². The summed E-state index contributed by atoms with van der Waals surface area (Å²) in [5.74, 6) is -0.793. The van der Waals surface area contributed by atoms with E-state index in [-0.39, 0.29) is 18.2 Å². The van der Waals surface area contributed by atoms with Crippen LogP contribution in [0.4, 0.5) is 11.4 Å². The second-order valence-corrected chi connectivity index (χ2v) is 8.97. The highest BCUT2D eigenvalue weighted by atomic mass is 32.2. The molecule has 3 aromatic carbocycles. The maximum Gasteiger partial charge on any atom is 0.338 e. The van der Waals surface area contributed by atoms with Crippen molar-refractivity contribution in [1.82, 2.24) is 4.90 Å². The molecule has 1 fully saturated rings. The number of benzene rings is 3. The molecule has 35 heavy (non-hydrogen) atoms. The number of nitrogens with zero attached hydrogens (tertiary/aromatic N) is 2. The first-order valence-corrected chi connectivity index (χ1v) is 12.1. The molecule has 4 rings (SSSR count). The largest absolute Gasteiger partial charge is 0.462 e. The molecule has 7 nitrogen and oxygen atoms in total. The second-order valence-electron chi connectivity index (χ2n) is 7.80. The number of thioether (sulfide) groups is 1. The van der Waals surface area contributed by atoms with Gasteiger partial charge in [0.25, 0.3) is 0 Å². The highest BCUT2D eigenvalue weighted by Gasteiger charge is 2.39. The van der Waals surface area contributed by atoms with E-state index < -0.39 is 11.2 Å². The summed E-state index contributed by atoms with van der Waals surface area (Å²) < 4.78 is 5.02. The Morgan fingerprint density at radius 1 is 0.971 bits per heavy atom. The Morgan fingerprint density at radius 2 is 1.63 bits per heavy atom. The van der Waals surface area contributed by atoms with E-state index >= 15 is 0 Å². The predicted molar refractivity (Wildman–Crippen MR) is 138 cm³/mol. The summed E-state index contributed by atoms with van der Waals surface area (Å²) in [4.78, 5) is 44.1. The third kappa shape index (κ3) is 6.36. The van der Waals surface area contributed by atoms with Crippen LogP contribution in [0.25, 0.3) is 0 Å². The summed E-state index contributed by atoms with van der Waals surface area (Å²) in [6.07, 6.45) is 0.0322. The van der Waals surface area contributed by atoms with Gasteiger partial charge >= 0.3 is 5.97 Å². The number of para-hydroxylation sites is 1. The standard InChI is InChI=1S/C27H25N3O4S/c1-2-34-26(33)20-13-15-22(16-14-20)29-27-30(18-19-9-5-3-6-10-19)25(32)23(35-27)17-24(31)28-21-11-7-4-8-12-21/h3-16,23H,2,17-18H2,1H3,(H,28,31). The van der Waals surface area contributed by atoms with E-state index in [1.807, 2.05) is 48.5 Å². The Balaban J connectivity index is 1.54. The number of esters is 1. The monoisotopic (exact) mass is 487 g/mol. The second kappa shape index (κ2) is 11.5. The van der Waals surface area contributed by atoms with Crippen LogP contribution in [0.15, 0.2) is 89.9 Å². The van der Waals surface area contributed by atoms with Crippen molar-refractivity contribution in [3.05, 3.63) is 96.1 Å². The number of amides is 2. The maximum atomic E-state index is 13.3. The minimum absolute atomic E-state index is 0.0322. The smallest absolute Gasteiger partial charge is 0.338 e. The van der Waals surface area contributed by atoms with Crippen molar-refractivity contribution < 1.29 is 19.1 Å². The lowest BCUT2D eigenvalue weighted by atomic mass is 10.2. The molecule has 0 aliphatic carbocycles. The van der Waals surface area contributed by atoms with Gasteiger partial charge in [-0.1, -0.05) is 60.3 Å². The van der Waals surface area contributed by atoms with Gasteiger partial charge in [0.2, 0.25) is 11.8 Å². The molecule has 0 spiro atoms. The average Bonchev–Trinajstić information content (AvgIpc) is 3.14. The van der Waals surface area contributed by atoms with E-state index in [2.05, 4.69) is 10.3 Å². The molecule has 1 unspecified atom stereocenters. The van der Waals surface area contributed by atoms with Crippen molar-refractivity contribution in [1.29, 1.82) is 0 Å². The normalized spacial score (nSPS) is 16.4. The van der Waals surface area contributed by atoms with Gasteiger partial charge < -0.3 is 10.1 Å².